The van der Waals surface area contributed by atoms with Crippen LogP contribution in [0.1, 0.15) is 0 Å². The normalized spacial score (nSPS) is 12.3. The van der Waals surface area contributed by atoms with Gasteiger partial charge in [0, 0.05) is 26.0 Å². The lowest BCUT2D eigenvalue weighted by molar-refractivity contribution is -0.121. The molecule has 0 aliphatic carbocycles. The maximum Gasteiger partial charge on any atom is 0.243 e. The molecular formula is C11H20N4O6S2. The van der Waals surface area contributed by atoms with Crippen LogP contribution in [0.25, 0.3) is 0 Å². The van der Waals surface area contributed by atoms with Crippen molar-refractivity contribution in [3.8, 4) is 0 Å². The van der Waals surface area contributed by atoms with E-state index in [1.165, 1.54) is 25.8 Å². The smallest absolute Gasteiger partial charge is 0.243 e. The predicted molar refractivity (Wildman–Crippen MR) is 81.8 cm³/mol. The predicted octanol–water partition coefficient (Wildman–Crippen LogP) is -1.93. The quantitative estimate of drug-likeness (QED) is 0.434. The van der Waals surface area contributed by atoms with Crippen LogP contribution in [0.4, 0.5) is 0 Å². The van der Waals surface area contributed by atoms with Crippen molar-refractivity contribution in [1.82, 2.24) is 19.3 Å². The fourth-order valence-electron chi connectivity index (χ4n) is 1.69. The van der Waals surface area contributed by atoms with E-state index in [0.717, 1.165) is 12.4 Å². The SMILES string of the molecule is CNS(=O)(=O)c1cn(CC(=O)NCCOC)cc1S(=O)(=O)NC. The number of methoxy groups -OCH3 is 1. The van der Waals surface area contributed by atoms with Gasteiger partial charge in [0.25, 0.3) is 0 Å². The van der Waals surface area contributed by atoms with E-state index in [-0.39, 0.29) is 6.54 Å². The van der Waals surface area contributed by atoms with Gasteiger partial charge in [-0.15, -0.1) is 0 Å². The first kappa shape index (κ1) is 19.6. The van der Waals surface area contributed by atoms with E-state index in [9.17, 15) is 21.6 Å². The molecule has 0 bridgehead atoms. The van der Waals surface area contributed by atoms with Crippen LogP contribution in [0.15, 0.2) is 22.2 Å². The number of aromatic nitrogens is 1. The molecule has 0 aliphatic rings. The van der Waals surface area contributed by atoms with Crippen LogP contribution < -0.4 is 14.8 Å². The summed E-state index contributed by atoms with van der Waals surface area (Å²) in [6.45, 7) is 0.394. The Labute approximate surface area is 135 Å². The minimum atomic E-state index is -4.00. The summed E-state index contributed by atoms with van der Waals surface area (Å²) in [7, 11) is -4.18. The molecule has 10 nitrogen and oxygen atoms in total. The molecular weight excluding hydrogens is 348 g/mol. The highest BCUT2D eigenvalue weighted by atomic mass is 32.2. The van der Waals surface area contributed by atoms with Crippen molar-refractivity contribution in [3.05, 3.63) is 12.4 Å². The van der Waals surface area contributed by atoms with E-state index in [2.05, 4.69) is 14.8 Å². The van der Waals surface area contributed by atoms with Gasteiger partial charge >= 0.3 is 0 Å². The third-order valence-corrected chi connectivity index (χ3v) is 5.89. The van der Waals surface area contributed by atoms with Crippen LogP contribution in [0.5, 0.6) is 0 Å². The van der Waals surface area contributed by atoms with E-state index >= 15 is 0 Å². The van der Waals surface area contributed by atoms with Gasteiger partial charge in [-0.25, -0.2) is 26.3 Å². The van der Waals surface area contributed by atoms with Gasteiger partial charge in [-0.05, 0) is 14.1 Å². The van der Waals surface area contributed by atoms with Gasteiger partial charge in [0.1, 0.15) is 16.3 Å². The van der Waals surface area contributed by atoms with E-state index in [0.29, 0.717) is 13.2 Å². The highest BCUT2D eigenvalue weighted by Gasteiger charge is 2.27. The fraction of sp³-hybridized carbons (Fsp3) is 0.545. The Balaban J connectivity index is 3.14. The number of sulfonamides is 2. The summed E-state index contributed by atoms with van der Waals surface area (Å²) < 4.78 is 57.9. The molecule has 0 fully saturated rings. The third-order valence-electron chi connectivity index (χ3n) is 2.88. The van der Waals surface area contributed by atoms with Crippen LogP contribution in [0, 0.1) is 0 Å². The number of rotatable bonds is 9. The maximum atomic E-state index is 12.0. The fourth-order valence-corrected chi connectivity index (χ4v) is 3.98. The molecule has 1 aromatic heterocycles. The summed E-state index contributed by atoms with van der Waals surface area (Å²) in [5, 5.41) is 2.55. The van der Waals surface area contributed by atoms with E-state index in [1.807, 2.05) is 0 Å². The molecule has 1 aromatic rings. The van der Waals surface area contributed by atoms with Crippen molar-refractivity contribution in [2.45, 2.75) is 16.3 Å². The van der Waals surface area contributed by atoms with Crippen molar-refractivity contribution < 1.29 is 26.4 Å². The first-order valence-electron chi connectivity index (χ1n) is 6.50. The minimum absolute atomic E-state index is 0.227. The largest absolute Gasteiger partial charge is 0.383 e. The van der Waals surface area contributed by atoms with Crippen LogP contribution in [0.3, 0.4) is 0 Å². The zero-order valence-corrected chi connectivity index (χ0v) is 14.6. The zero-order valence-electron chi connectivity index (χ0n) is 13.0. The van der Waals surface area contributed by atoms with Crippen molar-refractivity contribution in [1.29, 1.82) is 0 Å². The maximum absolute atomic E-state index is 12.0. The number of ether oxygens (including phenoxy) is 1. The Bertz CT molecular complexity index is 702. The van der Waals surface area contributed by atoms with Crippen LogP contribution in [-0.4, -0.2) is 61.7 Å². The summed E-state index contributed by atoms with van der Waals surface area (Å²) in [5.74, 6) is -0.404. The monoisotopic (exact) mass is 368 g/mol. The summed E-state index contributed by atoms with van der Waals surface area (Å²) in [6.07, 6.45) is 2.18. The second-order valence-electron chi connectivity index (χ2n) is 4.42. The van der Waals surface area contributed by atoms with Gasteiger partial charge in [0.15, 0.2) is 0 Å². The summed E-state index contributed by atoms with van der Waals surface area (Å²) in [4.78, 5) is 10.9. The molecule has 0 spiro atoms. The number of carbonyl (C=O) groups is 1. The molecule has 0 aliphatic heterocycles. The van der Waals surface area contributed by atoms with Gasteiger partial charge < -0.3 is 14.6 Å². The van der Waals surface area contributed by atoms with Crippen molar-refractivity contribution in [3.63, 3.8) is 0 Å². The Morgan fingerprint density at radius 2 is 1.57 bits per heavy atom. The molecule has 132 valence electrons. The Morgan fingerprint density at radius 3 is 1.96 bits per heavy atom. The first-order valence-corrected chi connectivity index (χ1v) is 9.47. The molecule has 0 atom stereocenters. The van der Waals surface area contributed by atoms with Crippen LogP contribution in [0.2, 0.25) is 0 Å². The average molecular weight is 368 g/mol. The Kier molecular flexibility index (Phi) is 6.70. The number of nitrogens with one attached hydrogen (secondary N) is 3. The summed E-state index contributed by atoms with van der Waals surface area (Å²) in [5.41, 5.74) is 0. The number of nitrogens with zero attached hydrogens (tertiary/aromatic N) is 1. The second kappa shape index (κ2) is 7.88. The van der Waals surface area contributed by atoms with Crippen molar-refractivity contribution in [2.75, 3.05) is 34.4 Å². The van der Waals surface area contributed by atoms with Gasteiger partial charge in [-0.2, -0.15) is 0 Å². The third kappa shape index (κ3) is 5.00. The lowest BCUT2D eigenvalue weighted by Gasteiger charge is -2.05. The Hall–Kier alpha value is -1.47. The number of amides is 1. The molecule has 0 saturated heterocycles. The molecule has 23 heavy (non-hydrogen) atoms. The molecule has 1 heterocycles. The molecule has 0 unspecified atom stereocenters. The van der Waals surface area contributed by atoms with Crippen LogP contribution >= 0.6 is 0 Å². The topological polar surface area (TPSA) is 136 Å². The lowest BCUT2D eigenvalue weighted by atomic mass is 10.5. The minimum Gasteiger partial charge on any atom is -0.383 e. The summed E-state index contributed by atoms with van der Waals surface area (Å²) in [6, 6.07) is 0. The van der Waals surface area contributed by atoms with E-state index < -0.39 is 35.7 Å². The standard InChI is InChI=1S/C11H20N4O6S2/c1-12-22(17,18)9-6-15(7-10(9)23(19,20)13-2)8-11(16)14-4-5-21-3/h6-7,12-13H,4-5,8H2,1-3H3,(H,14,16). The highest BCUT2D eigenvalue weighted by molar-refractivity contribution is 7.92. The van der Waals surface area contributed by atoms with Crippen LogP contribution in [-0.2, 0) is 36.1 Å². The molecule has 1 amide bonds. The van der Waals surface area contributed by atoms with Gasteiger partial charge in [0.2, 0.25) is 26.0 Å². The molecule has 0 saturated carbocycles. The molecule has 12 heteroatoms. The number of carbonyl (C=O) groups excluding carboxylic acids is 1. The van der Waals surface area contributed by atoms with Gasteiger partial charge in [0.05, 0.1) is 6.61 Å². The Morgan fingerprint density at radius 1 is 1.09 bits per heavy atom. The second-order valence-corrected chi connectivity index (χ2v) is 8.13. The number of hydrogen-bond donors (Lipinski definition) is 3. The highest BCUT2D eigenvalue weighted by Crippen LogP contribution is 2.21. The molecule has 0 aromatic carbocycles. The van der Waals surface area contributed by atoms with Gasteiger partial charge in [-0.1, -0.05) is 0 Å². The molecule has 0 radical (unpaired) electrons. The zero-order chi connectivity index (χ0) is 17.7. The summed E-state index contributed by atoms with van der Waals surface area (Å²) >= 11 is 0. The molecule has 3 N–H and O–H groups in total. The first-order chi connectivity index (χ1) is 10.7. The lowest BCUT2D eigenvalue weighted by Crippen LogP contribution is -2.30. The van der Waals surface area contributed by atoms with E-state index in [4.69, 9.17) is 4.74 Å². The van der Waals surface area contributed by atoms with Crippen molar-refractivity contribution >= 4 is 26.0 Å². The van der Waals surface area contributed by atoms with Gasteiger partial charge in [-0.3, -0.25) is 4.79 Å². The number of hydrogen-bond acceptors (Lipinski definition) is 6. The molecule has 1 rings (SSSR count). The van der Waals surface area contributed by atoms with Crippen molar-refractivity contribution in [2.24, 2.45) is 0 Å². The van der Waals surface area contributed by atoms with E-state index in [1.54, 1.807) is 0 Å². The average Bonchev–Trinajstić information content (AvgIpc) is 2.93.